The Morgan fingerprint density at radius 3 is 2.69 bits per heavy atom. The quantitative estimate of drug-likeness (QED) is 0.248. The molecule has 0 bridgehead atoms. The lowest BCUT2D eigenvalue weighted by molar-refractivity contribution is -0.142. The van der Waals surface area contributed by atoms with Crippen LogP contribution in [0, 0.1) is 0 Å². The lowest BCUT2D eigenvalue weighted by atomic mass is 9.88. The van der Waals surface area contributed by atoms with Crippen LogP contribution in [0.1, 0.15) is 55.0 Å². The topological polar surface area (TPSA) is 92.0 Å². The van der Waals surface area contributed by atoms with Gasteiger partial charge in [-0.3, -0.25) is 4.79 Å². The summed E-state index contributed by atoms with van der Waals surface area (Å²) in [6.07, 6.45) is 9.27. The summed E-state index contributed by atoms with van der Waals surface area (Å²) in [4.78, 5) is 29.9. The van der Waals surface area contributed by atoms with Gasteiger partial charge >= 0.3 is 5.97 Å². The minimum atomic E-state index is -0.495. The molecule has 36 heavy (non-hydrogen) atoms. The monoisotopic (exact) mass is 489 g/mol. The van der Waals surface area contributed by atoms with Crippen LogP contribution in [0.25, 0.3) is 10.9 Å². The van der Waals surface area contributed by atoms with Gasteiger partial charge in [-0.15, -0.1) is 6.58 Å². The molecule has 0 N–H and O–H groups in total. The van der Waals surface area contributed by atoms with Gasteiger partial charge in [-0.05, 0) is 49.1 Å². The molecular formula is C28H31N3O5. The summed E-state index contributed by atoms with van der Waals surface area (Å²) in [5, 5.41) is 5.15. The second-order valence-corrected chi connectivity index (χ2v) is 8.75. The normalized spacial score (nSPS) is 14.2. The number of carbonyl (C=O) groups is 1. The van der Waals surface area contributed by atoms with E-state index in [-0.39, 0.29) is 18.1 Å². The van der Waals surface area contributed by atoms with E-state index in [4.69, 9.17) is 14.5 Å². The molecule has 1 aliphatic carbocycles. The summed E-state index contributed by atoms with van der Waals surface area (Å²) < 4.78 is 17.3. The van der Waals surface area contributed by atoms with Crippen molar-refractivity contribution in [2.75, 3.05) is 20.8 Å². The Hall–Kier alpha value is -3.94. The first-order valence-electron chi connectivity index (χ1n) is 12.1. The first-order chi connectivity index (χ1) is 17.5. The van der Waals surface area contributed by atoms with Crippen LogP contribution < -0.4 is 15.0 Å². The number of hydrogen-bond acceptors (Lipinski definition) is 7. The molecule has 0 saturated heterocycles. The summed E-state index contributed by atoms with van der Waals surface area (Å²) in [5.74, 6) is 1.27. The van der Waals surface area contributed by atoms with E-state index in [0.29, 0.717) is 40.2 Å². The Bertz CT molecular complexity index is 1340. The molecular weight excluding hydrogens is 458 g/mol. The molecule has 0 spiro atoms. The van der Waals surface area contributed by atoms with Crippen LogP contribution in [-0.4, -0.2) is 42.7 Å². The predicted octanol–water partition coefficient (Wildman–Crippen LogP) is 4.62. The van der Waals surface area contributed by atoms with E-state index in [1.807, 2.05) is 24.3 Å². The SMILES string of the molecule is C=CCc1cc(C=Nn2c(C3CCCCC3)nc3ccccc3c2=O)cc(OC)c1OCC(=O)OC. The van der Waals surface area contributed by atoms with Gasteiger partial charge in [-0.1, -0.05) is 37.5 Å². The van der Waals surface area contributed by atoms with Crippen LogP contribution >= 0.6 is 0 Å². The van der Waals surface area contributed by atoms with E-state index in [9.17, 15) is 9.59 Å². The van der Waals surface area contributed by atoms with Crippen molar-refractivity contribution in [3.63, 3.8) is 0 Å². The van der Waals surface area contributed by atoms with Gasteiger partial charge in [0.15, 0.2) is 18.1 Å². The van der Waals surface area contributed by atoms with Crippen LogP contribution in [0.15, 0.2) is 58.9 Å². The Morgan fingerprint density at radius 2 is 1.97 bits per heavy atom. The molecule has 1 saturated carbocycles. The molecule has 1 aliphatic rings. The number of allylic oxidation sites excluding steroid dienone is 1. The van der Waals surface area contributed by atoms with Gasteiger partial charge in [0.2, 0.25) is 0 Å². The van der Waals surface area contributed by atoms with Crippen molar-refractivity contribution >= 4 is 23.1 Å². The number of ether oxygens (including phenoxy) is 3. The van der Waals surface area contributed by atoms with Gasteiger partial charge in [-0.25, -0.2) is 9.78 Å². The number of benzene rings is 2. The van der Waals surface area contributed by atoms with Crippen LogP contribution in [0.4, 0.5) is 0 Å². The number of fused-ring (bicyclic) bond motifs is 1. The fourth-order valence-electron chi connectivity index (χ4n) is 4.57. The van der Waals surface area contributed by atoms with Gasteiger partial charge in [-0.2, -0.15) is 9.78 Å². The minimum absolute atomic E-state index is 0.186. The van der Waals surface area contributed by atoms with Crippen molar-refractivity contribution in [2.24, 2.45) is 5.10 Å². The molecule has 8 nitrogen and oxygen atoms in total. The zero-order chi connectivity index (χ0) is 25.5. The van der Waals surface area contributed by atoms with Crippen molar-refractivity contribution in [1.82, 2.24) is 9.66 Å². The Kier molecular flexibility index (Phi) is 8.15. The maximum absolute atomic E-state index is 13.4. The van der Waals surface area contributed by atoms with Crippen molar-refractivity contribution in [1.29, 1.82) is 0 Å². The lowest BCUT2D eigenvalue weighted by Crippen LogP contribution is -2.25. The Morgan fingerprint density at radius 1 is 1.19 bits per heavy atom. The highest BCUT2D eigenvalue weighted by Gasteiger charge is 2.22. The summed E-state index contributed by atoms with van der Waals surface area (Å²) in [6.45, 7) is 3.57. The number of nitrogens with zero attached hydrogens (tertiary/aromatic N) is 3. The predicted molar refractivity (Wildman–Crippen MR) is 139 cm³/mol. The van der Waals surface area contributed by atoms with Gasteiger partial charge in [0.1, 0.15) is 5.82 Å². The molecule has 4 rings (SSSR count). The number of para-hydroxylation sites is 1. The highest BCUT2D eigenvalue weighted by molar-refractivity contribution is 5.82. The highest BCUT2D eigenvalue weighted by Crippen LogP contribution is 2.34. The van der Waals surface area contributed by atoms with E-state index >= 15 is 0 Å². The fourth-order valence-corrected chi connectivity index (χ4v) is 4.57. The van der Waals surface area contributed by atoms with E-state index in [2.05, 4.69) is 16.4 Å². The average Bonchev–Trinajstić information content (AvgIpc) is 2.92. The van der Waals surface area contributed by atoms with Crippen molar-refractivity contribution in [3.8, 4) is 11.5 Å². The summed E-state index contributed by atoms with van der Waals surface area (Å²) in [7, 11) is 2.83. The van der Waals surface area contributed by atoms with Crippen molar-refractivity contribution in [2.45, 2.75) is 44.4 Å². The second-order valence-electron chi connectivity index (χ2n) is 8.75. The molecule has 3 aromatic rings. The molecule has 0 amide bonds. The van der Waals surface area contributed by atoms with Gasteiger partial charge in [0.05, 0.1) is 31.3 Å². The zero-order valence-electron chi connectivity index (χ0n) is 20.7. The maximum atomic E-state index is 13.4. The first kappa shape index (κ1) is 25.2. The summed E-state index contributed by atoms with van der Waals surface area (Å²) in [5.41, 5.74) is 1.99. The number of carbonyl (C=O) groups excluding carboxylic acids is 1. The van der Waals surface area contributed by atoms with Crippen LogP contribution in [0.3, 0.4) is 0 Å². The highest BCUT2D eigenvalue weighted by atomic mass is 16.6. The van der Waals surface area contributed by atoms with E-state index in [1.54, 1.807) is 24.4 Å². The molecule has 188 valence electrons. The molecule has 0 aliphatic heterocycles. The number of esters is 1. The first-order valence-corrected chi connectivity index (χ1v) is 12.1. The summed E-state index contributed by atoms with van der Waals surface area (Å²) in [6, 6.07) is 11.0. The third-order valence-corrected chi connectivity index (χ3v) is 6.37. The average molecular weight is 490 g/mol. The number of rotatable bonds is 9. The van der Waals surface area contributed by atoms with Crippen LogP contribution in [0.2, 0.25) is 0 Å². The molecule has 0 atom stereocenters. The van der Waals surface area contributed by atoms with E-state index in [1.165, 1.54) is 25.3 Å². The van der Waals surface area contributed by atoms with E-state index < -0.39 is 5.97 Å². The van der Waals surface area contributed by atoms with Crippen LogP contribution in [0.5, 0.6) is 11.5 Å². The standard InChI is InChI=1S/C28H31N3O5/c1-4-10-21-15-19(16-24(34-2)26(21)36-18-25(32)35-3)17-29-31-27(20-11-6-5-7-12-20)30-23-14-9-8-13-22(23)28(31)33/h4,8-9,13-17,20H,1,5-7,10-12,18H2,2-3H3. The van der Waals surface area contributed by atoms with Crippen molar-refractivity contribution < 1.29 is 19.0 Å². The lowest BCUT2D eigenvalue weighted by Gasteiger charge is -2.22. The molecule has 1 fully saturated rings. The molecule has 1 heterocycles. The molecule has 1 aromatic heterocycles. The third-order valence-electron chi connectivity index (χ3n) is 6.37. The van der Waals surface area contributed by atoms with Gasteiger partial charge in [0.25, 0.3) is 5.56 Å². The van der Waals surface area contributed by atoms with Crippen molar-refractivity contribution in [3.05, 3.63) is 76.4 Å². The largest absolute Gasteiger partial charge is 0.493 e. The number of hydrogen-bond donors (Lipinski definition) is 0. The van der Waals surface area contributed by atoms with E-state index in [0.717, 1.165) is 31.2 Å². The number of methoxy groups -OCH3 is 2. The van der Waals surface area contributed by atoms with Gasteiger partial charge in [0, 0.05) is 11.5 Å². The smallest absolute Gasteiger partial charge is 0.343 e. The Labute approximate surface area is 210 Å². The maximum Gasteiger partial charge on any atom is 0.343 e. The molecule has 8 heteroatoms. The van der Waals surface area contributed by atoms with Crippen LogP contribution in [-0.2, 0) is 16.0 Å². The Balaban J connectivity index is 1.77. The number of aromatic nitrogens is 2. The fraction of sp³-hybridized carbons (Fsp3) is 0.357. The minimum Gasteiger partial charge on any atom is -0.493 e. The van der Waals surface area contributed by atoms with Gasteiger partial charge < -0.3 is 14.2 Å². The molecule has 0 radical (unpaired) electrons. The molecule has 0 unspecified atom stereocenters. The summed E-state index contributed by atoms with van der Waals surface area (Å²) >= 11 is 0. The zero-order valence-corrected chi connectivity index (χ0v) is 20.7. The third kappa shape index (κ3) is 5.48. The second kappa shape index (κ2) is 11.7. The molecule has 2 aromatic carbocycles.